The molecule has 2 aromatic rings. The van der Waals surface area contributed by atoms with E-state index in [0.29, 0.717) is 18.8 Å². The average molecular weight is 270 g/mol. The Labute approximate surface area is 109 Å². The highest BCUT2D eigenvalue weighted by atomic mass is 35.5. The maximum absolute atomic E-state index is 13.0. The van der Waals surface area contributed by atoms with E-state index in [9.17, 15) is 4.39 Å². The van der Waals surface area contributed by atoms with Crippen LogP contribution in [0.15, 0.2) is 29.1 Å². The van der Waals surface area contributed by atoms with Gasteiger partial charge in [-0.15, -0.1) is 0 Å². The van der Waals surface area contributed by atoms with Gasteiger partial charge in [0, 0.05) is 19.0 Å². The first kappa shape index (κ1) is 13.0. The number of hydrogen-bond donors (Lipinski definition) is 1. The fraction of sp³-hybridized carbons (Fsp3) is 0.333. The van der Waals surface area contributed by atoms with Crippen LogP contribution < -0.4 is 5.32 Å². The lowest BCUT2D eigenvalue weighted by molar-refractivity contribution is 0.408. The lowest BCUT2D eigenvalue weighted by Crippen LogP contribution is -2.21. The van der Waals surface area contributed by atoms with E-state index in [1.165, 1.54) is 12.5 Å². The van der Waals surface area contributed by atoms with Crippen LogP contribution in [0.1, 0.15) is 24.4 Å². The summed E-state index contributed by atoms with van der Waals surface area (Å²) in [6, 6.07) is 4.79. The summed E-state index contributed by atoms with van der Waals surface area (Å²) in [5, 5.41) is 7.13. The van der Waals surface area contributed by atoms with Crippen LogP contribution in [0, 0.1) is 5.82 Å². The molecule has 0 aliphatic carbocycles. The van der Waals surface area contributed by atoms with Gasteiger partial charge in [0.2, 0.25) is 6.39 Å². The van der Waals surface area contributed by atoms with Gasteiger partial charge in [0.25, 0.3) is 0 Å². The van der Waals surface area contributed by atoms with Gasteiger partial charge in [0.15, 0.2) is 5.82 Å². The van der Waals surface area contributed by atoms with Crippen molar-refractivity contribution in [3.63, 3.8) is 0 Å². The van der Waals surface area contributed by atoms with E-state index in [1.807, 2.05) is 6.92 Å². The maximum atomic E-state index is 13.0. The van der Waals surface area contributed by atoms with Crippen molar-refractivity contribution in [3.8, 4) is 0 Å². The van der Waals surface area contributed by atoms with Crippen LogP contribution in [-0.4, -0.2) is 16.7 Å². The monoisotopic (exact) mass is 269 g/mol. The zero-order valence-corrected chi connectivity index (χ0v) is 10.6. The largest absolute Gasteiger partial charge is 0.343 e. The zero-order valence-electron chi connectivity index (χ0n) is 9.86. The maximum Gasteiger partial charge on any atom is 0.213 e. The van der Waals surface area contributed by atoms with Gasteiger partial charge in [-0.25, -0.2) is 4.39 Å². The molecule has 18 heavy (non-hydrogen) atoms. The lowest BCUT2D eigenvalue weighted by atomic mass is 10.1. The van der Waals surface area contributed by atoms with Crippen LogP contribution in [0.4, 0.5) is 4.39 Å². The second kappa shape index (κ2) is 5.93. The van der Waals surface area contributed by atoms with Crippen molar-refractivity contribution in [1.29, 1.82) is 0 Å². The van der Waals surface area contributed by atoms with E-state index >= 15 is 0 Å². The first-order valence-electron chi connectivity index (χ1n) is 5.60. The van der Waals surface area contributed by atoms with E-state index in [0.717, 1.165) is 5.56 Å². The molecule has 0 aliphatic heterocycles. The topological polar surface area (TPSA) is 51.0 Å². The summed E-state index contributed by atoms with van der Waals surface area (Å²) < 4.78 is 17.7. The average Bonchev–Trinajstić information content (AvgIpc) is 2.85. The quantitative estimate of drug-likeness (QED) is 0.907. The van der Waals surface area contributed by atoms with Crippen molar-refractivity contribution in [2.24, 2.45) is 0 Å². The molecular formula is C12H13ClFN3O. The lowest BCUT2D eigenvalue weighted by Gasteiger charge is -2.14. The Kier molecular flexibility index (Phi) is 4.28. The Hall–Kier alpha value is -1.46. The molecule has 0 radical (unpaired) electrons. The summed E-state index contributed by atoms with van der Waals surface area (Å²) in [6.07, 6.45) is 1.98. The molecule has 6 heteroatoms. The number of nitrogens with one attached hydrogen (secondary N) is 1. The molecule has 1 heterocycles. The highest BCUT2D eigenvalue weighted by Crippen LogP contribution is 2.20. The first-order chi connectivity index (χ1) is 8.66. The van der Waals surface area contributed by atoms with Gasteiger partial charge in [-0.3, -0.25) is 0 Å². The van der Waals surface area contributed by atoms with Crippen LogP contribution in [0.25, 0.3) is 0 Å². The van der Waals surface area contributed by atoms with Gasteiger partial charge < -0.3 is 9.84 Å². The van der Waals surface area contributed by atoms with Crippen molar-refractivity contribution in [1.82, 2.24) is 15.5 Å². The minimum absolute atomic E-state index is 0.0787. The predicted octanol–water partition coefficient (Wildman–Crippen LogP) is 2.76. The minimum atomic E-state index is -0.403. The number of nitrogens with zero attached hydrogens (tertiary/aromatic N) is 2. The van der Waals surface area contributed by atoms with E-state index < -0.39 is 5.82 Å². The third kappa shape index (κ3) is 3.27. The fourth-order valence-corrected chi connectivity index (χ4v) is 1.79. The summed E-state index contributed by atoms with van der Waals surface area (Å²) in [4.78, 5) is 3.92. The molecule has 1 unspecified atom stereocenters. The van der Waals surface area contributed by atoms with Gasteiger partial charge in [0.1, 0.15) is 5.82 Å². The molecule has 0 saturated heterocycles. The molecule has 0 saturated carbocycles. The van der Waals surface area contributed by atoms with E-state index in [-0.39, 0.29) is 11.1 Å². The summed E-state index contributed by atoms with van der Waals surface area (Å²) in [7, 11) is 0. The molecule has 1 atom stereocenters. The van der Waals surface area contributed by atoms with E-state index in [4.69, 9.17) is 11.6 Å². The molecule has 1 aromatic carbocycles. The molecule has 4 nitrogen and oxygen atoms in total. The third-order valence-electron chi connectivity index (χ3n) is 2.65. The molecule has 0 aliphatic rings. The predicted molar refractivity (Wildman–Crippen MR) is 65.8 cm³/mol. The normalized spacial score (nSPS) is 12.6. The Balaban J connectivity index is 1.87. The Morgan fingerprint density at radius 2 is 2.33 bits per heavy atom. The van der Waals surface area contributed by atoms with Gasteiger partial charge in [-0.2, -0.15) is 4.98 Å². The second-order valence-electron chi connectivity index (χ2n) is 3.95. The summed E-state index contributed by atoms with van der Waals surface area (Å²) >= 11 is 5.74. The van der Waals surface area contributed by atoms with E-state index in [2.05, 4.69) is 20.0 Å². The van der Waals surface area contributed by atoms with Gasteiger partial charge in [-0.05, 0) is 24.6 Å². The fourth-order valence-electron chi connectivity index (χ4n) is 1.60. The zero-order chi connectivity index (χ0) is 13.0. The second-order valence-corrected chi connectivity index (χ2v) is 4.35. The molecule has 0 amide bonds. The van der Waals surface area contributed by atoms with Gasteiger partial charge in [-0.1, -0.05) is 22.8 Å². The number of benzene rings is 1. The molecule has 96 valence electrons. The number of rotatable bonds is 5. The molecule has 1 N–H and O–H groups in total. The Morgan fingerprint density at radius 1 is 1.50 bits per heavy atom. The highest BCUT2D eigenvalue weighted by Gasteiger charge is 2.08. The Morgan fingerprint density at radius 3 is 3.00 bits per heavy atom. The highest BCUT2D eigenvalue weighted by molar-refractivity contribution is 6.30. The van der Waals surface area contributed by atoms with Crippen LogP contribution in [0.3, 0.4) is 0 Å². The SMILES string of the molecule is CC(NCCc1ncon1)c1ccc(F)c(Cl)c1. The number of aromatic nitrogens is 2. The summed E-state index contributed by atoms with van der Waals surface area (Å²) in [6.45, 7) is 2.69. The van der Waals surface area contributed by atoms with Crippen molar-refractivity contribution >= 4 is 11.6 Å². The van der Waals surface area contributed by atoms with Crippen molar-refractivity contribution < 1.29 is 8.91 Å². The molecule has 2 rings (SSSR count). The van der Waals surface area contributed by atoms with Crippen LogP contribution in [0.2, 0.25) is 5.02 Å². The van der Waals surface area contributed by atoms with Crippen molar-refractivity contribution in [2.45, 2.75) is 19.4 Å². The standard InChI is InChI=1S/C12H13ClFN3O/c1-8(9-2-3-11(14)10(13)6-9)15-5-4-12-16-7-18-17-12/h2-3,6-8,15H,4-5H2,1H3. The van der Waals surface area contributed by atoms with Gasteiger partial charge >= 0.3 is 0 Å². The number of halogens is 2. The van der Waals surface area contributed by atoms with Crippen LogP contribution in [-0.2, 0) is 6.42 Å². The van der Waals surface area contributed by atoms with Gasteiger partial charge in [0.05, 0.1) is 5.02 Å². The summed E-state index contributed by atoms with van der Waals surface area (Å²) in [5.41, 5.74) is 0.939. The number of hydrogen-bond acceptors (Lipinski definition) is 4. The molecule has 1 aromatic heterocycles. The Bertz CT molecular complexity index is 504. The molecule has 0 spiro atoms. The van der Waals surface area contributed by atoms with Crippen LogP contribution >= 0.6 is 11.6 Å². The molecule has 0 bridgehead atoms. The first-order valence-corrected chi connectivity index (χ1v) is 5.98. The summed E-state index contributed by atoms with van der Waals surface area (Å²) in [5.74, 6) is 0.256. The molecular weight excluding hydrogens is 257 g/mol. The van der Waals surface area contributed by atoms with E-state index in [1.54, 1.807) is 12.1 Å². The molecule has 0 fully saturated rings. The minimum Gasteiger partial charge on any atom is -0.343 e. The third-order valence-corrected chi connectivity index (χ3v) is 2.94. The van der Waals surface area contributed by atoms with Crippen LogP contribution in [0.5, 0.6) is 0 Å². The van der Waals surface area contributed by atoms with Crippen molar-refractivity contribution in [2.75, 3.05) is 6.54 Å². The van der Waals surface area contributed by atoms with Crippen molar-refractivity contribution in [3.05, 3.63) is 46.8 Å². The smallest absolute Gasteiger partial charge is 0.213 e.